The Kier molecular flexibility index (Phi) is 3.42. The van der Waals surface area contributed by atoms with Crippen molar-refractivity contribution < 1.29 is 0 Å². The molecule has 0 bridgehead atoms. The van der Waals surface area contributed by atoms with Gasteiger partial charge in [0, 0.05) is 17.6 Å². The normalized spacial score (nSPS) is 22.4. The standard InChI is InChI=1S/C15H18N4/c16-12-6-7-13(10-12)17-15-9-8-14(18-19-15)11-4-2-1-3-5-11/h1-5,8-9,12-13H,6-7,10,16H2,(H,17,19)/t12-,13-/m1/s1. The lowest BCUT2D eigenvalue weighted by atomic mass is 10.1. The summed E-state index contributed by atoms with van der Waals surface area (Å²) in [6.45, 7) is 0. The third-order valence-corrected chi connectivity index (χ3v) is 3.56. The Hall–Kier alpha value is -1.94. The van der Waals surface area contributed by atoms with Gasteiger partial charge in [-0.2, -0.15) is 0 Å². The van der Waals surface area contributed by atoms with Gasteiger partial charge in [0.2, 0.25) is 0 Å². The van der Waals surface area contributed by atoms with Crippen LogP contribution in [-0.4, -0.2) is 22.3 Å². The maximum Gasteiger partial charge on any atom is 0.148 e. The first-order valence-electron chi connectivity index (χ1n) is 6.72. The number of anilines is 1. The molecule has 19 heavy (non-hydrogen) atoms. The minimum atomic E-state index is 0.328. The third kappa shape index (κ3) is 2.90. The highest BCUT2D eigenvalue weighted by atomic mass is 15.2. The number of aromatic nitrogens is 2. The number of nitrogens with zero attached hydrogens (tertiary/aromatic N) is 2. The van der Waals surface area contributed by atoms with Crippen molar-refractivity contribution in [2.24, 2.45) is 5.73 Å². The molecule has 1 aromatic heterocycles. The van der Waals surface area contributed by atoms with E-state index in [-0.39, 0.29) is 0 Å². The van der Waals surface area contributed by atoms with Gasteiger partial charge in [-0.1, -0.05) is 30.3 Å². The van der Waals surface area contributed by atoms with Crippen LogP contribution >= 0.6 is 0 Å². The smallest absolute Gasteiger partial charge is 0.148 e. The Labute approximate surface area is 113 Å². The van der Waals surface area contributed by atoms with Gasteiger partial charge < -0.3 is 11.1 Å². The molecule has 3 N–H and O–H groups in total. The van der Waals surface area contributed by atoms with Crippen LogP contribution in [0.15, 0.2) is 42.5 Å². The second-order valence-corrected chi connectivity index (χ2v) is 5.08. The van der Waals surface area contributed by atoms with Crippen LogP contribution in [-0.2, 0) is 0 Å². The lowest BCUT2D eigenvalue weighted by Gasteiger charge is -2.12. The minimum absolute atomic E-state index is 0.328. The maximum absolute atomic E-state index is 5.90. The maximum atomic E-state index is 5.90. The van der Waals surface area contributed by atoms with E-state index >= 15 is 0 Å². The van der Waals surface area contributed by atoms with Crippen molar-refractivity contribution in [3.05, 3.63) is 42.5 Å². The molecular formula is C15H18N4. The van der Waals surface area contributed by atoms with Gasteiger partial charge in [-0.25, -0.2) is 0 Å². The molecule has 0 amide bonds. The third-order valence-electron chi connectivity index (χ3n) is 3.56. The first-order valence-corrected chi connectivity index (χ1v) is 6.72. The van der Waals surface area contributed by atoms with Crippen LogP contribution in [0.25, 0.3) is 11.3 Å². The van der Waals surface area contributed by atoms with Gasteiger partial charge in [0.15, 0.2) is 0 Å². The van der Waals surface area contributed by atoms with Crippen molar-refractivity contribution in [1.82, 2.24) is 10.2 Å². The van der Waals surface area contributed by atoms with Gasteiger partial charge in [0.05, 0.1) is 5.69 Å². The number of nitrogens with two attached hydrogens (primary N) is 1. The zero-order valence-electron chi connectivity index (χ0n) is 10.8. The SMILES string of the molecule is N[C@@H]1CC[C@@H](Nc2ccc(-c3ccccc3)nn2)C1. The highest BCUT2D eigenvalue weighted by Crippen LogP contribution is 2.21. The monoisotopic (exact) mass is 254 g/mol. The van der Waals surface area contributed by atoms with Gasteiger partial charge in [0.1, 0.15) is 5.82 Å². The largest absolute Gasteiger partial charge is 0.366 e. The predicted molar refractivity (Wildman–Crippen MR) is 76.7 cm³/mol. The molecule has 1 aliphatic carbocycles. The van der Waals surface area contributed by atoms with Crippen LogP contribution in [0.5, 0.6) is 0 Å². The molecule has 0 radical (unpaired) electrons. The summed E-state index contributed by atoms with van der Waals surface area (Å²) < 4.78 is 0. The number of benzene rings is 1. The molecule has 1 heterocycles. The Morgan fingerprint density at radius 1 is 1.00 bits per heavy atom. The van der Waals surface area contributed by atoms with Gasteiger partial charge in [0.25, 0.3) is 0 Å². The molecular weight excluding hydrogens is 236 g/mol. The molecule has 3 rings (SSSR count). The fourth-order valence-corrected chi connectivity index (χ4v) is 2.53. The molecule has 2 aromatic rings. The lowest BCUT2D eigenvalue weighted by Crippen LogP contribution is -2.21. The van der Waals surface area contributed by atoms with Crippen LogP contribution in [0.3, 0.4) is 0 Å². The van der Waals surface area contributed by atoms with Crippen molar-refractivity contribution in [3.63, 3.8) is 0 Å². The summed E-state index contributed by atoms with van der Waals surface area (Å²) in [6, 6.07) is 14.8. The Morgan fingerprint density at radius 2 is 1.84 bits per heavy atom. The molecule has 4 nitrogen and oxygen atoms in total. The van der Waals surface area contributed by atoms with E-state index in [2.05, 4.69) is 15.5 Å². The van der Waals surface area contributed by atoms with Crippen LogP contribution < -0.4 is 11.1 Å². The van der Waals surface area contributed by atoms with E-state index in [1.54, 1.807) is 0 Å². The summed E-state index contributed by atoms with van der Waals surface area (Å²) >= 11 is 0. The number of rotatable bonds is 3. The quantitative estimate of drug-likeness (QED) is 0.883. The second kappa shape index (κ2) is 5.36. The Bertz CT molecular complexity index is 524. The van der Waals surface area contributed by atoms with Gasteiger partial charge >= 0.3 is 0 Å². The van der Waals surface area contributed by atoms with Gasteiger partial charge in [-0.05, 0) is 31.4 Å². The number of hydrogen-bond donors (Lipinski definition) is 2. The molecule has 2 atom stereocenters. The zero-order chi connectivity index (χ0) is 13.1. The molecule has 0 spiro atoms. The van der Waals surface area contributed by atoms with Crippen LogP contribution in [0, 0.1) is 0 Å². The average molecular weight is 254 g/mol. The van der Waals surface area contributed by atoms with Crippen molar-refractivity contribution in [1.29, 1.82) is 0 Å². The van der Waals surface area contributed by atoms with Crippen molar-refractivity contribution >= 4 is 5.82 Å². The number of hydrogen-bond acceptors (Lipinski definition) is 4. The van der Waals surface area contributed by atoms with E-state index in [0.717, 1.165) is 36.3 Å². The molecule has 0 unspecified atom stereocenters. The van der Waals surface area contributed by atoms with E-state index in [9.17, 15) is 0 Å². The first-order chi connectivity index (χ1) is 9.31. The fraction of sp³-hybridized carbons (Fsp3) is 0.333. The van der Waals surface area contributed by atoms with Crippen molar-refractivity contribution in [3.8, 4) is 11.3 Å². The number of nitrogens with one attached hydrogen (secondary N) is 1. The van der Waals surface area contributed by atoms with Gasteiger partial charge in [-0.3, -0.25) is 0 Å². The highest BCUT2D eigenvalue weighted by molar-refractivity contribution is 5.59. The van der Waals surface area contributed by atoms with E-state index in [0.29, 0.717) is 12.1 Å². The molecule has 98 valence electrons. The van der Waals surface area contributed by atoms with Crippen LogP contribution in [0.2, 0.25) is 0 Å². The molecule has 4 heteroatoms. The summed E-state index contributed by atoms with van der Waals surface area (Å²) in [6.07, 6.45) is 3.22. The van der Waals surface area contributed by atoms with Gasteiger partial charge in [-0.15, -0.1) is 10.2 Å². The van der Waals surface area contributed by atoms with E-state index in [1.165, 1.54) is 0 Å². The summed E-state index contributed by atoms with van der Waals surface area (Å²) in [5.74, 6) is 0.832. The topological polar surface area (TPSA) is 63.8 Å². The van der Waals surface area contributed by atoms with Crippen LogP contribution in [0.1, 0.15) is 19.3 Å². The fourth-order valence-electron chi connectivity index (χ4n) is 2.53. The Morgan fingerprint density at radius 3 is 2.47 bits per heavy atom. The highest BCUT2D eigenvalue weighted by Gasteiger charge is 2.21. The minimum Gasteiger partial charge on any atom is -0.366 e. The van der Waals surface area contributed by atoms with Crippen molar-refractivity contribution in [2.75, 3.05) is 5.32 Å². The molecule has 0 aliphatic heterocycles. The van der Waals surface area contributed by atoms with E-state index in [1.807, 2.05) is 42.5 Å². The molecule has 1 fully saturated rings. The predicted octanol–water partition coefficient (Wildman–Crippen LogP) is 2.44. The van der Waals surface area contributed by atoms with Crippen molar-refractivity contribution in [2.45, 2.75) is 31.3 Å². The first kappa shape index (κ1) is 12.1. The summed E-state index contributed by atoms with van der Waals surface area (Å²) in [5.41, 5.74) is 7.89. The summed E-state index contributed by atoms with van der Waals surface area (Å²) in [7, 11) is 0. The molecule has 1 aromatic carbocycles. The average Bonchev–Trinajstić information content (AvgIpc) is 2.86. The van der Waals surface area contributed by atoms with E-state index in [4.69, 9.17) is 5.73 Å². The van der Waals surface area contributed by atoms with Crippen LogP contribution in [0.4, 0.5) is 5.82 Å². The second-order valence-electron chi connectivity index (χ2n) is 5.08. The molecule has 1 saturated carbocycles. The lowest BCUT2D eigenvalue weighted by molar-refractivity contribution is 0.686. The zero-order valence-corrected chi connectivity index (χ0v) is 10.8. The summed E-state index contributed by atoms with van der Waals surface area (Å²) in [5, 5.41) is 11.9. The Balaban J connectivity index is 1.69. The molecule has 1 aliphatic rings. The van der Waals surface area contributed by atoms with E-state index < -0.39 is 0 Å². The molecule has 0 saturated heterocycles. The summed E-state index contributed by atoms with van der Waals surface area (Å²) in [4.78, 5) is 0.